The molecule has 0 aliphatic heterocycles. The molecule has 0 spiro atoms. The number of fused-ring (bicyclic) bond motifs is 4. The van der Waals surface area contributed by atoms with Gasteiger partial charge in [-0.1, -0.05) is 78.4 Å². The van der Waals surface area contributed by atoms with Crippen molar-refractivity contribution in [3.63, 3.8) is 0 Å². The molecular formula is C32H28. The molecule has 0 heterocycles. The highest BCUT2D eigenvalue weighted by molar-refractivity contribution is 6.01. The highest BCUT2D eigenvalue weighted by Gasteiger charge is 2.02. The Balaban J connectivity index is 0.000000135. The van der Waals surface area contributed by atoms with Crippen molar-refractivity contribution in [2.75, 3.05) is 0 Å². The Morgan fingerprint density at radius 3 is 1.28 bits per heavy atom. The van der Waals surface area contributed by atoms with Crippen LogP contribution in [0.3, 0.4) is 0 Å². The fourth-order valence-electron chi connectivity index (χ4n) is 4.66. The average Bonchev–Trinajstić information content (AvgIpc) is 2.78. The van der Waals surface area contributed by atoms with E-state index < -0.39 is 0 Å². The van der Waals surface area contributed by atoms with Crippen molar-refractivity contribution in [2.24, 2.45) is 0 Å². The summed E-state index contributed by atoms with van der Waals surface area (Å²) in [4.78, 5) is 0. The lowest BCUT2D eigenvalue weighted by atomic mass is 9.98. The second-order valence-corrected chi connectivity index (χ2v) is 8.94. The van der Waals surface area contributed by atoms with Gasteiger partial charge in [-0.3, -0.25) is 0 Å². The van der Waals surface area contributed by atoms with Crippen LogP contribution in [0.25, 0.3) is 43.1 Å². The first-order valence-electron chi connectivity index (χ1n) is 11.3. The van der Waals surface area contributed by atoms with Gasteiger partial charge in [0, 0.05) is 0 Å². The largest absolute Gasteiger partial charge is 0.0614 e. The molecule has 0 radical (unpaired) electrons. The predicted molar refractivity (Wildman–Crippen MR) is 142 cm³/mol. The maximum atomic E-state index is 2.30. The molecule has 0 aromatic heterocycles. The van der Waals surface area contributed by atoms with Gasteiger partial charge in [0.25, 0.3) is 0 Å². The molecule has 0 saturated heterocycles. The van der Waals surface area contributed by atoms with Crippen LogP contribution in [0.2, 0.25) is 0 Å². The highest BCUT2D eigenvalue weighted by Crippen LogP contribution is 2.27. The lowest BCUT2D eigenvalue weighted by Crippen LogP contribution is -1.82. The van der Waals surface area contributed by atoms with E-state index in [4.69, 9.17) is 0 Å². The first-order valence-corrected chi connectivity index (χ1v) is 11.3. The molecule has 0 heteroatoms. The van der Waals surface area contributed by atoms with E-state index >= 15 is 0 Å². The standard InChI is InChI=1S/2C16H14/c1-11-5-3-7-13-10-16-12(2)6-4-8-14(16)9-15(11)13;1-11-6-7-13-10-16-12(2)4-3-5-14(16)9-15(13)8-11/h2*3-10H,1-2H3. The molecule has 0 N–H and O–H groups in total. The minimum Gasteiger partial charge on any atom is -0.0614 e. The molecule has 0 nitrogen and oxygen atoms in total. The first kappa shape index (κ1) is 20.3. The van der Waals surface area contributed by atoms with E-state index in [2.05, 4.69) is 125 Å². The Hall–Kier alpha value is -3.64. The smallest absolute Gasteiger partial charge is 0.0148 e. The monoisotopic (exact) mass is 412 g/mol. The lowest BCUT2D eigenvalue weighted by molar-refractivity contribution is 1.50. The van der Waals surface area contributed by atoms with Crippen LogP contribution in [-0.2, 0) is 0 Å². The third-order valence-corrected chi connectivity index (χ3v) is 6.53. The lowest BCUT2D eigenvalue weighted by Gasteiger charge is -2.06. The number of rotatable bonds is 0. The van der Waals surface area contributed by atoms with Crippen LogP contribution >= 0.6 is 0 Å². The van der Waals surface area contributed by atoms with Crippen LogP contribution in [0.1, 0.15) is 22.3 Å². The van der Waals surface area contributed by atoms with Crippen LogP contribution in [0.5, 0.6) is 0 Å². The molecule has 0 aliphatic rings. The molecule has 156 valence electrons. The normalized spacial score (nSPS) is 11.1. The maximum absolute atomic E-state index is 2.30. The van der Waals surface area contributed by atoms with Gasteiger partial charge in [-0.15, -0.1) is 0 Å². The molecular weight excluding hydrogens is 384 g/mol. The van der Waals surface area contributed by atoms with Crippen molar-refractivity contribution in [3.8, 4) is 0 Å². The van der Waals surface area contributed by atoms with E-state index in [1.54, 1.807) is 0 Å². The molecule has 0 bridgehead atoms. The zero-order valence-corrected chi connectivity index (χ0v) is 19.2. The van der Waals surface area contributed by atoms with Crippen LogP contribution in [0.15, 0.2) is 97.1 Å². The molecule has 0 atom stereocenters. The Morgan fingerprint density at radius 1 is 0.344 bits per heavy atom. The van der Waals surface area contributed by atoms with Gasteiger partial charge in [0.1, 0.15) is 0 Å². The van der Waals surface area contributed by atoms with Gasteiger partial charge in [0.15, 0.2) is 0 Å². The van der Waals surface area contributed by atoms with Crippen LogP contribution in [-0.4, -0.2) is 0 Å². The zero-order chi connectivity index (χ0) is 22.2. The van der Waals surface area contributed by atoms with Crippen molar-refractivity contribution in [1.82, 2.24) is 0 Å². The van der Waals surface area contributed by atoms with Gasteiger partial charge in [-0.2, -0.15) is 0 Å². The molecule has 6 aromatic carbocycles. The third kappa shape index (κ3) is 3.74. The van der Waals surface area contributed by atoms with Crippen molar-refractivity contribution >= 4 is 43.1 Å². The van der Waals surface area contributed by atoms with E-state index in [9.17, 15) is 0 Å². The fraction of sp³-hybridized carbons (Fsp3) is 0.125. The van der Waals surface area contributed by atoms with E-state index in [1.807, 2.05) is 0 Å². The molecule has 6 rings (SSSR count). The van der Waals surface area contributed by atoms with Crippen molar-refractivity contribution in [2.45, 2.75) is 27.7 Å². The van der Waals surface area contributed by atoms with Gasteiger partial charge < -0.3 is 0 Å². The predicted octanol–water partition coefficient (Wildman–Crippen LogP) is 9.22. The number of benzene rings is 6. The summed E-state index contributed by atoms with van der Waals surface area (Å²) in [7, 11) is 0. The average molecular weight is 413 g/mol. The van der Waals surface area contributed by atoms with Gasteiger partial charge >= 0.3 is 0 Å². The van der Waals surface area contributed by atoms with Crippen LogP contribution in [0.4, 0.5) is 0 Å². The minimum absolute atomic E-state index is 1.32. The summed E-state index contributed by atoms with van der Waals surface area (Å²) < 4.78 is 0. The van der Waals surface area contributed by atoms with Crippen molar-refractivity contribution in [3.05, 3.63) is 119 Å². The van der Waals surface area contributed by atoms with Crippen molar-refractivity contribution in [1.29, 1.82) is 0 Å². The van der Waals surface area contributed by atoms with Gasteiger partial charge in [-0.25, -0.2) is 0 Å². The van der Waals surface area contributed by atoms with Gasteiger partial charge in [-0.05, 0) is 112 Å². The number of aryl methyl sites for hydroxylation is 4. The summed E-state index contributed by atoms with van der Waals surface area (Å²) >= 11 is 0. The van der Waals surface area contributed by atoms with Gasteiger partial charge in [0.2, 0.25) is 0 Å². The Labute approximate surface area is 190 Å². The van der Waals surface area contributed by atoms with E-state index in [1.165, 1.54) is 65.3 Å². The van der Waals surface area contributed by atoms with E-state index in [0.717, 1.165) is 0 Å². The molecule has 32 heavy (non-hydrogen) atoms. The molecule has 6 aromatic rings. The second-order valence-electron chi connectivity index (χ2n) is 8.94. The first-order chi connectivity index (χ1) is 15.5. The van der Waals surface area contributed by atoms with E-state index in [-0.39, 0.29) is 0 Å². The summed E-state index contributed by atoms with van der Waals surface area (Å²) in [5.41, 5.74) is 5.36. The summed E-state index contributed by atoms with van der Waals surface area (Å²) in [5.74, 6) is 0. The molecule has 0 saturated carbocycles. The fourth-order valence-corrected chi connectivity index (χ4v) is 4.66. The van der Waals surface area contributed by atoms with Gasteiger partial charge in [0.05, 0.1) is 0 Å². The topological polar surface area (TPSA) is 0 Å². The highest BCUT2D eigenvalue weighted by atomic mass is 14.1. The quantitative estimate of drug-likeness (QED) is 0.218. The minimum atomic E-state index is 1.32. The van der Waals surface area contributed by atoms with E-state index in [0.29, 0.717) is 0 Å². The summed E-state index contributed by atoms with van der Waals surface area (Å²) in [6.45, 7) is 8.65. The Morgan fingerprint density at radius 2 is 0.781 bits per heavy atom. The number of hydrogen-bond acceptors (Lipinski definition) is 0. The molecule has 0 unspecified atom stereocenters. The van der Waals surface area contributed by atoms with Crippen molar-refractivity contribution < 1.29 is 0 Å². The maximum Gasteiger partial charge on any atom is -0.0148 e. The Kier molecular flexibility index (Phi) is 5.15. The SMILES string of the molecule is Cc1ccc2cc3c(C)cccc3cc2c1.Cc1cccc2cc3c(C)cccc3cc12. The zero-order valence-electron chi connectivity index (χ0n) is 19.2. The third-order valence-electron chi connectivity index (χ3n) is 6.53. The summed E-state index contributed by atoms with van der Waals surface area (Å²) in [6.07, 6.45) is 0. The molecule has 0 amide bonds. The molecule has 0 fully saturated rings. The van der Waals surface area contributed by atoms with Crippen LogP contribution < -0.4 is 0 Å². The second kappa shape index (κ2) is 8.13. The summed E-state index contributed by atoms with van der Waals surface area (Å²) in [5, 5.41) is 10.7. The summed E-state index contributed by atoms with van der Waals surface area (Å²) in [6, 6.07) is 35.2. The Bertz CT molecular complexity index is 1540. The van der Waals surface area contributed by atoms with Crippen LogP contribution in [0, 0.1) is 27.7 Å². The molecule has 0 aliphatic carbocycles. The number of hydrogen-bond donors (Lipinski definition) is 0.